The van der Waals surface area contributed by atoms with Crippen molar-refractivity contribution in [2.75, 3.05) is 5.32 Å². The molecule has 1 aromatic rings. The Kier molecular flexibility index (Phi) is 3.65. The third-order valence-corrected chi connectivity index (χ3v) is 3.16. The molecule has 1 aromatic carbocycles. The summed E-state index contributed by atoms with van der Waals surface area (Å²) < 4.78 is 0. The molecule has 2 N–H and O–H groups in total. The van der Waals surface area contributed by atoms with Gasteiger partial charge in [0.25, 0.3) is 0 Å². The molecule has 0 spiro atoms. The van der Waals surface area contributed by atoms with Gasteiger partial charge in [0.1, 0.15) is 6.04 Å². The Labute approximate surface area is 107 Å². The zero-order chi connectivity index (χ0) is 13.1. The summed E-state index contributed by atoms with van der Waals surface area (Å²) in [4.78, 5) is 22.6. The number of rotatable bonds is 3. The van der Waals surface area contributed by atoms with Crippen molar-refractivity contribution >= 4 is 17.5 Å². The average molecular weight is 246 g/mol. The first-order chi connectivity index (χ1) is 8.56. The van der Waals surface area contributed by atoms with Crippen LogP contribution in [0.1, 0.15) is 38.2 Å². The Morgan fingerprint density at radius 2 is 1.89 bits per heavy atom. The highest BCUT2D eigenvalue weighted by Gasteiger charge is 2.26. The van der Waals surface area contributed by atoms with E-state index in [1.54, 1.807) is 0 Å². The Hall–Kier alpha value is -1.84. The van der Waals surface area contributed by atoms with E-state index in [4.69, 9.17) is 0 Å². The van der Waals surface area contributed by atoms with Crippen molar-refractivity contribution in [3.05, 3.63) is 29.8 Å². The first-order valence-electron chi connectivity index (χ1n) is 6.26. The van der Waals surface area contributed by atoms with Gasteiger partial charge in [-0.15, -0.1) is 0 Å². The molecule has 0 aromatic heterocycles. The Bertz CT molecular complexity index is 451. The van der Waals surface area contributed by atoms with E-state index in [0.717, 1.165) is 5.69 Å². The van der Waals surface area contributed by atoms with E-state index in [1.165, 1.54) is 5.56 Å². The number of benzene rings is 1. The summed E-state index contributed by atoms with van der Waals surface area (Å²) in [5, 5.41) is 5.49. The summed E-state index contributed by atoms with van der Waals surface area (Å²) in [5.41, 5.74) is 2.18. The van der Waals surface area contributed by atoms with E-state index in [9.17, 15) is 9.59 Å². The zero-order valence-corrected chi connectivity index (χ0v) is 10.7. The first-order valence-corrected chi connectivity index (χ1v) is 6.26. The largest absolute Gasteiger partial charge is 0.374 e. The number of hydrogen-bond acceptors (Lipinski definition) is 3. The van der Waals surface area contributed by atoms with Gasteiger partial charge in [-0.1, -0.05) is 26.0 Å². The second-order valence-electron chi connectivity index (χ2n) is 4.92. The van der Waals surface area contributed by atoms with Crippen molar-refractivity contribution in [2.45, 2.75) is 38.6 Å². The molecule has 0 radical (unpaired) electrons. The molecule has 96 valence electrons. The molecule has 2 amide bonds. The van der Waals surface area contributed by atoms with Gasteiger partial charge in [0.2, 0.25) is 11.8 Å². The van der Waals surface area contributed by atoms with Crippen LogP contribution in [0.15, 0.2) is 24.3 Å². The third-order valence-electron chi connectivity index (χ3n) is 3.16. The van der Waals surface area contributed by atoms with Gasteiger partial charge in [-0.25, -0.2) is 0 Å². The molecule has 0 unspecified atom stereocenters. The SMILES string of the molecule is CC(C)c1ccc(N[C@@H]2CCC(=O)NC2=O)cc1. The van der Waals surface area contributed by atoms with Gasteiger partial charge in [-0.2, -0.15) is 0 Å². The van der Waals surface area contributed by atoms with Gasteiger partial charge in [0.05, 0.1) is 0 Å². The van der Waals surface area contributed by atoms with Crippen molar-refractivity contribution in [2.24, 2.45) is 0 Å². The van der Waals surface area contributed by atoms with Crippen molar-refractivity contribution in [3.63, 3.8) is 0 Å². The molecule has 2 rings (SSSR count). The molecule has 1 aliphatic rings. The molecule has 4 nitrogen and oxygen atoms in total. The summed E-state index contributed by atoms with van der Waals surface area (Å²) >= 11 is 0. The number of hydrogen-bond donors (Lipinski definition) is 2. The lowest BCUT2D eigenvalue weighted by Crippen LogP contribution is -2.47. The second kappa shape index (κ2) is 5.21. The van der Waals surface area contributed by atoms with Gasteiger partial charge in [0, 0.05) is 12.1 Å². The maximum atomic E-state index is 11.6. The molecule has 1 fully saturated rings. The predicted octanol–water partition coefficient (Wildman–Crippen LogP) is 2.03. The maximum absolute atomic E-state index is 11.6. The predicted molar refractivity (Wildman–Crippen MR) is 70.3 cm³/mol. The molecule has 0 aliphatic carbocycles. The van der Waals surface area contributed by atoms with Gasteiger partial charge in [-0.05, 0) is 30.0 Å². The number of amides is 2. The van der Waals surface area contributed by atoms with Crippen LogP contribution in [0.4, 0.5) is 5.69 Å². The van der Waals surface area contributed by atoms with Gasteiger partial charge in [-0.3, -0.25) is 14.9 Å². The molecule has 1 saturated heterocycles. The number of anilines is 1. The first kappa shape index (κ1) is 12.6. The summed E-state index contributed by atoms with van der Waals surface area (Å²) in [6.07, 6.45) is 0.948. The highest BCUT2D eigenvalue weighted by Crippen LogP contribution is 2.19. The molecule has 4 heteroatoms. The highest BCUT2D eigenvalue weighted by atomic mass is 16.2. The quantitative estimate of drug-likeness (QED) is 0.802. The minimum Gasteiger partial charge on any atom is -0.374 e. The Morgan fingerprint density at radius 1 is 1.22 bits per heavy atom. The van der Waals surface area contributed by atoms with Gasteiger partial charge < -0.3 is 5.32 Å². The lowest BCUT2D eigenvalue weighted by atomic mass is 10.0. The number of carbonyl (C=O) groups is 2. The van der Waals surface area contributed by atoms with Gasteiger partial charge in [0.15, 0.2) is 0 Å². The van der Waals surface area contributed by atoms with E-state index in [1.807, 2.05) is 12.1 Å². The van der Waals surface area contributed by atoms with E-state index in [-0.39, 0.29) is 17.9 Å². The van der Waals surface area contributed by atoms with Crippen LogP contribution in [0.5, 0.6) is 0 Å². The molecule has 1 atom stereocenters. The number of piperidine rings is 1. The Morgan fingerprint density at radius 3 is 2.44 bits per heavy atom. The monoisotopic (exact) mass is 246 g/mol. The third kappa shape index (κ3) is 2.88. The highest BCUT2D eigenvalue weighted by molar-refractivity contribution is 6.01. The minimum absolute atomic E-state index is 0.187. The fourth-order valence-corrected chi connectivity index (χ4v) is 2.00. The average Bonchev–Trinajstić information content (AvgIpc) is 2.33. The smallest absolute Gasteiger partial charge is 0.249 e. The van der Waals surface area contributed by atoms with Crippen LogP contribution in [-0.2, 0) is 9.59 Å². The number of nitrogens with one attached hydrogen (secondary N) is 2. The lowest BCUT2D eigenvalue weighted by molar-refractivity contribution is -0.133. The molecular formula is C14H18N2O2. The fraction of sp³-hybridized carbons (Fsp3) is 0.429. The van der Waals surface area contributed by atoms with Crippen LogP contribution < -0.4 is 10.6 Å². The van der Waals surface area contributed by atoms with Crippen molar-refractivity contribution in [1.82, 2.24) is 5.32 Å². The minimum atomic E-state index is -0.312. The summed E-state index contributed by atoms with van der Waals surface area (Å²) in [5.74, 6) is 0.0713. The standard InChI is InChI=1S/C14H18N2O2/c1-9(2)10-3-5-11(6-4-10)15-12-7-8-13(17)16-14(12)18/h3-6,9,12,15H,7-8H2,1-2H3,(H,16,17,18)/t12-/m1/s1. The number of imide groups is 1. The van der Waals surface area contributed by atoms with E-state index in [0.29, 0.717) is 18.8 Å². The van der Waals surface area contributed by atoms with Crippen LogP contribution >= 0.6 is 0 Å². The van der Waals surface area contributed by atoms with Crippen molar-refractivity contribution in [1.29, 1.82) is 0 Å². The molecular weight excluding hydrogens is 228 g/mol. The van der Waals surface area contributed by atoms with E-state index < -0.39 is 0 Å². The fourth-order valence-electron chi connectivity index (χ4n) is 2.00. The molecule has 0 saturated carbocycles. The molecule has 1 aliphatic heterocycles. The lowest BCUT2D eigenvalue weighted by Gasteiger charge is -2.23. The summed E-state index contributed by atoms with van der Waals surface area (Å²) in [6, 6.07) is 7.74. The van der Waals surface area contributed by atoms with Crippen LogP contribution in [0.2, 0.25) is 0 Å². The summed E-state index contributed by atoms with van der Waals surface area (Å²) in [7, 11) is 0. The van der Waals surface area contributed by atoms with Crippen LogP contribution in [0.3, 0.4) is 0 Å². The van der Waals surface area contributed by atoms with Gasteiger partial charge >= 0.3 is 0 Å². The van der Waals surface area contributed by atoms with Crippen LogP contribution in [0, 0.1) is 0 Å². The van der Waals surface area contributed by atoms with E-state index >= 15 is 0 Å². The van der Waals surface area contributed by atoms with E-state index in [2.05, 4.69) is 36.6 Å². The normalized spacial score (nSPS) is 19.8. The zero-order valence-electron chi connectivity index (χ0n) is 10.7. The second-order valence-corrected chi connectivity index (χ2v) is 4.92. The molecule has 18 heavy (non-hydrogen) atoms. The topological polar surface area (TPSA) is 58.2 Å². The molecule has 0 bridgehead atoms. The summed E-state index contributed by atoms with van der Waals surface area (Å²) in [6.45, 7) is 4.28. The maximum Gasteiger partial charge on any atom is 0.249 e. The number of carbonyl (C=O) groups excluding carboxylic acids is 2. The van der Waals surface area contributed by atoms with Crippen LogP contribution in [0.25, 0.3) is 0 Å². The molecule has 1 heterocycles. The van der Waals surface area contributed by atoms with Crippen molar-refractivity contribution < 1.29 is 9.59 Å². The van der Waals surface area contributed by atoms with Crippen molar-refractivity contribution in [3.8, 4) is 0 Å². The Balaban J connectivity index is 2.01. The van der Waals surface area contributed by atoms with Crippen LogP contribution in [-0.4, -0.2) is 17.9 Å².